The van der Waals surface area contributed by atoms with Crippen molar-refractivity contribution in [2.75, 3.05) is 13.1 Å². The minimum Gasteiger partial charge on any atom is -0.342 e. The lowest BCUT2D eigenvalue weighted by molar-refractivity contribution is -0.141. The highest BCUT2D eigenvalue weighted by molar-refractivity contribution is 5.92. The Bertz CT molecular complexity index is 990. The number of para-hydroxylation sites is 1. The molecule has 0 saturated carbocycles. The van der Waals surface area contributed by atoms with Crippen molar-refractivity contribution in [2.45, 2.75) is 31.9 Å². The van der Waals surface area contributed by atoms with Gasteiger partial charge in [0.15, 0.2) is 5.69 Å². The van der Waals surface area contributed by atoms with Crippen LogP contribution in [0.3, 0.4) is 0 Å². The summed E-state index contributed by atoms with van der Waals surface area (Å²) < 4.78 is 38.1. The van der Waals surface area contributed by atoms with Gasteiger partial charge in [-0.15, -0.1) is 0 Å². The van der Waals surface area contributed by atoms with Crippen LogP contribution in [-0.4, -0.2) is 44.1 Å². The Morgan fingerprint density at radius 2 is 2.15 bits per heavy atom. The number of hydrogen-bond donors (Lipinski definition) is 2. The number of piperidine rings is 1. The Hall–Kier alpha value is -2.84. The number of halogens is 3. The first kappa shape index (κ1) is 17.6. The van der Waals surface area contributed by atoms with Crippen molar-refractivity contribution >= 4 is 16.9 Å². The summed E-state index contributed by atoms with van der Waals surface area (Å²) in [6, 6.07) is 6.65. The van der Waals surface area contributed by atoms with Crippen LogP contribution in [0.2, 0.25) is 0 Å². The first-order valence-electron chi connectivity index (χ1n) is 8.70. The monoisotopic (exact) mass is 377 g/mol. The highest BCUT2D eigenvalue weighted by Crippen LogP contribution is 2.30. The van der Waals surface area contributed by atoms with Crippen LogP contribution in [0, 0.1) is 6.92 Å². The number of nitrogens with zero attached hydrogens (tertiary/aromatic N) is 3. The van der Waals surface area contributed by atoms with E-state index in [1.54, 1.807) is 4.90 Å². The summed E-state index contributed by atoms with van der Waals surface area (Å²) in [5.74, 6) is 0.309. The van der Waals surface area contributed by atoms with E-state index in [4.69, 9.17) is 0 Å². The molecule has 1 fully saturated rings. The van der Waals surface area contributed by atoms with Crippen LogP contribution < -0.4 is 0 Å². The van der Waals surface area contributed by atoms with Gasteiger partial charge in [0, 0.05) is 25.1 Å². The van der Waals surface area contributed by atoms with E-state index < -0.39 is 17.8 Å². The number of H-pyrrole nitrogens is 2. The number of rotatable bonds is 2. The maximum absolute atomic E-state index is 12.7. The molecule has 6 nitrogen and oxygen atoms in total. The van der Waals surface area contributed by atoms with Gasteiger partial charge < -0.3 is 9.88 Å². The van der Waals surface area contributed by atoms with E-state index in [0.29, 0.717) is 13.1 Å². The SMILES string of the molecule is Cc1cccc2[nH]c(C3CCCN(C(=O)c4cc(C(F)(F)F)[nH]n4)C3)nc12. The molecule has 3 aromatic rings. The highest BCUT2D eigenvalue weighted by Gasteiger charge is 2.35. The molecule has 2 aromatic heterocycles. The molecule has 3 heterocycles. The summed E-state index contributed by atoms with van der Waals surface area (Å²) in [5, 5.41) is 5.43. The Morgan fingerprint density at radius 3 is 2.85 bits per heavy atom. The number of nitrogens with one attached hydrogen (secondary N) is 2. The van der Waals surface area contributed by atoms with E-state index >= 15 is 0 Å². The molecule has 1 aliphatic rings. The van der Waals surface area contributed by atoms with Crippen LogP contribution >= 0.6 is 0 Å². The third kappa shape index (κ3) is 3.29. The number of hydrogen-bond acceptors (Lipinski definition) is 3. The predicted octanol–water partition coefficient (Wildman–Crippen LogP) is 3.63. The number of aryl methyl sites for hydroxylation is 1. The fourth-order valence-corrected chi connectivity index (χ4v) is 3.51. The van der Waals surface area contributed by atoms with Gasteiger partial charge in [-0.2, -0.15) is 18.3 Å². The highest BCUT2D eigenvalue weighted by atomic mass is 19.4. The smallest absolute Gasteiger partial charge is 0.342 e. The summed E-state index contributed by atoms with van der Waals surface area (Å²) in [6.07, 6.45) is -2.94. The molecule has 1 aromatic carbocycles. The molecular formula is C18H18F3N5O. The molecule has 27 heavy (non-hydrogen) atoms. The van der Waals surface area contributed by atoms with Gasteiger partial charge in [0.25, 0.3) is 5.91 Å². The minimum atomic E-state index is -4.55. The Labute approximate surface area is 152 Å². The molecular weight excluding hydrogens is 359 g/mol. The number of amides is 1. The first-order valence-corrected chi connectivity index (χ1v) is 8.70. The average Bonchev–Trinajstić information content (AvgIpc) is 3.29. The van der Waals surface area contributed by atoms with Crippen molar-refractivity contribution in [3.05, 3.63) is 47.0 Å². The maximum Gasteiger partial charge on any atom is 0.432 e. The molecule has 1 aliphatic heterocycles. The lowest BCUT2D eigenvalue weighted by atomic mass is 9.97. The summed E-state index contributed by atoms with van der Waals surface area (Å²) in [6.45, 7) is 2.87. The molecule has 0 bridgehead atoms. The van der Waals surface area contributed by atoms with Crippen LogP contribution in [0.1, 0.15) is 46.3 Å². The number of carbonyl (C=O) groups excluding carboxylic acids is 1. The molecule has 142 valence electrons. The number of aromatic nitrogens is 4. The quantitative estimate of drug-likeness (QED) is 0.716. The number of alkyl halides is 3. The van der Waals surface area contributed by atoms with Gasteiger partial charge in [-0.1, -0.05) is 12.1 Å². The molecule has 1 amide bonds. The third-order valence-electron chi connectivity index (χ3n) is 4.93. The number of aromatic amines is 2. The van der Waals surface area contributed by atoms with Crippen LogP contribution in [-0.2, 0) is 6.18 Å². The van der Waals surface area contributed by atoms with Gasteiger partial charge in [-0.05, 0) is 31.4 Å². The minimum absolute atomic E-state index is 0.00975. The Balaban J connectivity index is 1.54. The van der Waals surface area contributed by atoms with Crippen LogP contribution in [0.15, 0.2) is 24.3 Å². The van der Waals surface area contributed by atoms with Crippen LogP contribution in [0.5, 0.6) is 0 Å². The lowest BCUT2D eigenvalue weighted by Gasteiger charge is -2.31. The van der Waals surface area contributed by atoms with Gasteiger partial charge >= 0.3 is 6.18 Å². The Morgan fingerprint density at radius 1 is 1.33 bits per heavy atom. The first-order chi connectivity index (χ1) is 12.8. The fourth-order valence-electron chi connectivity index (χ4n) is 3.51. The average molecular weight is 377 g/mol. The fraction of sp³-hybridized carbons (Fsp3) is 0.389. The largest absolute Gasteiger partial charge is 0.432 e. The maximum atomic E-state index is 12.7. The summed E-state index contributed by atoms with van der Waals surface area (Å²) in [5.41, 5.74) is 1.67. The molecule has 9 heteroatoms. The molecule has 2 N–H and O–H groups in total. The zero-order chi connectivity index (χ0) is 19.2. The molecule has 1 saturated heterocycles. The molecule has 0 radical (unpaired) electrons. The van der Waals surface area contributed by atoms with Crippen molar-refractivity contribution in [1.82, 2.24) is 25.1 Å². The third-order valence-corrected chi connectivity index (χ3v) is 4.93. The van der Waals surface area contributed by atoms with E-state index in [0.717, 1.165) is 41.3 Å². The van der Waals surface area contributed by atoms with Gasteiger partial charge in [0.05, 0.1) is 11.0 Å². The van der Waals surface area contributed by atoms with Gasteiger partial charge in [-0.25, -0.2) is 4.98 Å². The number of likely N-dealkylation sites (tertiary alicyclic amines) is 1. The standard InChI is InChI=1S/C18H18F3N5O/c1-10-4-2-6-12-15(10)23-16(22-12)11-5-3-7-26(9-11)17(27)13-8-14(25-24-13)18(19,20)21/h2,4,6,8,11H,3,5,7,9H2,1H3,(H,22,23)(H,24,25). The van der Waals surface area contributed by atoms with E-state index in [9.17, 15) is 18.0 Å². The zero-order valence-corrected chi connectivity index (χ0v) is 14.6. The lowest BCUT2D eigenvalue weighted by Crippen LogP contribution is -2.39. The van der Waals surface area contributed by atoms with E-state index in [2.05, 4.69) is 15.1 Å². The number of carbonyl (C=O) groups is 1. The van der Waals surface area contributed by atoms with E-state index in [1.165, 1.54) is 0 Å². The summed E-state index contributed by atoms with van der Waals surface area (Å²) in [4.78, 5) is 22.1. The van der Waals surface area contributed by atoms with Gasteiger partial charge in [-0.3, -0.25) is 9.89 Å². The number of benzene rings is 1. The van der Waals surface area contributed by atoms with Crippen molar-refractivity contribution in [3.63, 3.8) is 0 Å². The molecule has 1 atom stereocenters. The number of imidazole rings is 1. The van der Waals surface area contributed by atoms with Crippen molar-refractivity contribution in [1.29, 1.82) is 0 Å². The second-order valence-electron chi connectivity index (χ2n) is 6.85. The van der Waals surface area contributed by atoms with Crippen molar-refractivity contribution in [3.8, 4) is 0 Å². The molecule has 0 aliphatic carbocycles. The van der Waals surface area contributed by atoms with Gasteiger partial charge in [0.1, 0.15) is 11.5 Å². The second-order valence-corrected chi connectivity index (χ2v) is 6.85. The second kappa shape index (κ2) is 6.40. The number of fused-ring (bicyclic) bond motifs is 1. The summed E-state index contributed by atoms with van der Waals surface area (Å²) >= 11 is 0. The van der Waals surface area contributed by atoms with E-state index in [1.807, 2.05) is 30.2 Å². The topological polar surface area (TPSA) is 77.7 Å². The summed E-state index contributed by atoms with van der Waals surface area (Å²) in [7, 11) is 0. The van der Waals surface area contributed by atoms with Crippen LogP contribution in [0.4, 0.5) is 13.2 Å². The van der Waals surface area contributed by atoms with Crippen molar-refractivity contribution in [2.24, 2.45) is 0 Å². The van der Waals surface area contributed by atoms with Gasteiger partial charge in [0.2, 0.25) is 0 Å². The molecule has 4 rings (SSSR count). The Kier molecular flexibility index (Phi) is 4.16. The molecule has 1 unspecified atom stereocenters. The van der Waals surface area contributed by atoms with Crippen LogP contribution in [0.25, 0.3) is 11.0 Å². The molecule has 0 spiro atoms. The van der Waals surface area contributed by atoms with Crippen molar-refractivity contribution < 1.29 is 18.0 Å². The normalized spacial score (nSPS) is 18.2. The van der Waals surface area contributed by atoms with E-state index in [-0.39, 0.29) is 11.6 Å². The predicted molar refractivity (Wildman–Crippen MR) is 92.3 cm³/mol. The zero-order valence-electron chi connectivity index (χ0n) is 14.6.